The first-order valence-corrected chi connectivity index (χ1v) is 14.4. The number of carbonyl (C=O) groups excluding carboxylic acids is 3. The Bertz CT molecular complexity index is 1540. The molecule has 0 bridgehead atoms. The average Bonchev–Trinajstić information content (AvgIpc) is 3.53. The van der Waals surface area contributed by atoms with Crippen molar-refractivity contribution in [3.05, 3.63) is 119 Å². The Labute approximate surface area is 248 Å². The van der Waals surface area contributed by atoms with Gasteiger partial charge in [-0.2, -0.15) is 5.10 Å². The molecule has 10 nitrogen and oxygen atoms in total. The predicted octanol–water partition coefficient (Wildman–Crippen LogP) is 4.75. The molecule has 2 aliphatic rings. The molecular weight excluding hydrogens is 550 g/mol. The lowest BCUT2D eigenvalue weighted by Gasteiger charge is -2.24. The van der Waals surface area contributed by atoms with E-state index < -0.39 is 42.3 Å². The van der Waals surface area contributed by atoms with Crippen LogP contribution in [0.4, 0.5) is 0 Å². The number of aromatic nitrogens is 3. The molecule has 2 aliphatic heterocycles. The Hall–Kier alpha value is -4.83. The van der Waals surface area contributed by atoms with Crippen LogP contribution in [-0.4, -0.2) is 57.6 Å². The molecule has 1 fully saturated rings. The maximum absolute atomic E-state index is 13.3. The normalized spacial score (nSPS) is 21.3. The number of nitrogens with zero attached hydrogens (tertiary/aromatic N) is 3. The van der Waals surface area contributed by atoms with Crippen molar-refractivity contribution < 1.29 is 33.3 Å². The lowest BCUT2D eigenvalue weighted by molar-refractivity contribution is -0.0454. The summed E-state index contributed by atoms with van der Waals surface area (Å²) in [6.45, 7) is 0.456. The van der Waals surface area contributed by atoms with Gasteiger partial charge in [-0.1, -0.05) is 61.0 Å². The lowest BCUT2D eigenvalue weighted by Crippen LogP contribution is -2.41. The van der Waals surface area contributed by atoms with Gasteiger partial charge >= 0.3 is 17.9 Å². The Morgan fingerprint density at radius 3 is 1.88 bits per heavy atom. The molecule has 1 saturated heterocycles. The Kier molecular flexibility index (Phi) is 8.55. The van der Waals surface area contributed by atoms with Gasteiger partial charge in [-0.15, -0.1) is 0 Å². The quantitative estimate of drug-likeness (QED) is 0.214. The molecule has 0 radical (unpaired) electrons. The summed E-state index contributed by atoms with van der Waals surface area (Å²) in [5.41, 5.74) is 0.995. The van der Waals surface area contributed by atoms with E-state index in [1.807, 2.05) is 4.68 Å². The molecule has 43 heavy (non-hydrogen) atoms. The van der Waals surface area contributed by atoms with E-state index in [1.165, 1.54) is 0 Å². The molecule has 3 heterocycles. The highest BCUT2D eigenvalue weighted by Gasteiger charge is 2.52. The van der Waals surface area contributed by atoms with Crippen molar-refractivity contribution in [3.63, 3.8) is 0 Å². The molecule has 0 N–H and O–H groups in total. The highest BCUT2D eigenvalue weighted by molar-refractivity contribution is 5.91. The number of benzene rings is 3. The summed E-state index contributed by atoms with van der Waals surface area (Å²) in [4.78, 5) is 44.2. The van der Waals surface area contributed by atoms with Crippen LogP contribution in [0.15, 0.2) is 91.0 Å². The van der Waals surface area contributed by atoms with E-state index in [9.17, 15) is 14.4 Å². The molecule has 0 spiro atoms. The summed E-state index contributed by atoms with van der Waals surface area (Å²) in [5, 5.41) is 4.71. The molecule has 1 aromatic heterocycles. The van der Waals surface area contributed by atoms with Gasteiger partial charge in [-0.05, 0) is 49.2 Å². The second kappa shape index (κ2) is 13.0. The van der Waals surface area contributed by atoms with Gasteiger partial charge in [-0.25, -0.2) is 24.0 Å². The minimum atomic E-state index is -1.13. The number of carbonyl (C=O) groups is 3. The zero-order valence-corrected chi connectivity index (χ0v) is 23.4. The lowest BCUT2D eigenvalue weighted by atomic mass is 10.1. The summed E-state index contributed by atoms with van der Waals surface area (Å²) < 4.78 is 25.8. The molecule has 6 rings (SSSR count). The standard InChI is InChI=1S/C33H31N3O7/c37-31(22-13-5-1-6-14-22)40-21-25-27(42-32(38)23-15-7-2-8-16-23)28(43-33(39)24-17-9-3-10-18-24)29(41-25)30-34-26-19-11-4-12-20-36(26)35-30/h1-3,5-10,13-18,25,27-29H,4,11-12,19-21H2/t25-,27-,28-,29-/m1/s1. The monoisotopic (exact) mass is 581 g/mol. The van der Waals surface area contributed by atoms with Crippen LogP contribution in [0.5, 0.6) is 0 Å². The summed E-state index contributed by atoms with van der Waals surface area (Å²) >= 11 is 0. The number of fused-ring (bicyclic) bond motifs is 1. The fourth-order valence-electron chi connectivity index (χ4n) is 5.29. The Balaban J connectivity index is 1.33. The highest BCUT2D eigenvalue weighted by atomic mass is 16.6. The predicted molar refractivity (Wildman–Crippen MR) is 153 cm³/mol. The Morgan fingerprint density at radius 2 is 1.28 bits per heavy atom. The molecule has 10 heteroatoms. The van der Waals surface area contributed by atoms with E-state index in [4.69, 9.17) is 29.0 Å². The van der Waals surface area contributed by atoms with Gasteiger partial charge in [0.05, 0.1) is 16.7 Å². The van der Waals surface area contributed by atoms with Gasteiger partial charge in [0.15, 0.2) is 24.1 Å². The largest absolute Gasteiger partial charge is 0.459 e. The zero-order valence-electron chi connectivity index (χ0n) is 23.4. The summed E-state index contributed by atoms with van der Waals surface area (Å²) in [6, 6.07) is 25.5. The summed E-state index contributed by atoms with van der Waals surface area (Å²) in [6.07, 6.45) is -0.370. The minimum Gasteiger partial charge on any atom is -0.459 e. The topological polar surface area (TPSA) is 119 Å². The summed E-state index contributed by atoms with van der Waals surface area (Å²) in [5.74, 6) is -0.682. The molecule has 3 aromatic carbocycles. The van der Waals surface area contributed by atoms with E-state index in [-0.39, 0.29) is 6.61 Å². The van der Waals surface area contributed by atoms with Crippen molar-refractivity contribution in [3.8, 4) is 0 Å². The first-order chi connectivity index (χ1) is 21.1. The van der Waals surface area contributed by atoms with E-state index in [1.54, 1.807) is 91.0 Å². The fraction of sp³-hybridized carbons (Fsp3) is 0.303. The molecular formula is C33H31N3O7. The van der Waals surface area contributed by atoms with Crippen molar-refractivity contribution in [2.24, 2.45) is 0 Å². The van der Waals surface area contributed by atoms with Gasteiger partial charge in [0, 0.05) is 13.0 Å². The number of esters is 3. The Morgan fingerprint density at radius 1 is 0.721 bits per heavy atom. The van der Waals surface area contributed by atoms with Crippen LogP contribution in [0, 0.1) is 0 Å². The van der Waals surface area contributed by atoms with E-state index in [0.717, 1.165) is 31.5 Å². The number of aryl methyl sites for hydroxylation is 2. The number of rotatable bonds is 8. The van der Waals surface area contributed by atoms with Crippen molar-refractivity contribution >= 4 is 17.9 Å². The molecule has 0 amide bonds. The molecule has 0 unspecified atom stereocenters. The SMILES string of the molecule is O=C(OC[C@H]1O[C@@H](c2nc3n(n2)CCCCC3)[C@H](OC(=O)c2ccccc2)[C@@H]1OC(=O)c1ccccc1)c1ccccc1. The number of ether oxygens (including phenoxy) is 4. The first-order valence-electron chi connectivity index (χ1n) is 14.4. The smallest absolute Gasteiger partial charge is 0.338 e. The van der Waals surface area contributed by atoms with E-state index in [0.29, 0.717) is 29.1 Å². The van der Waals surface area contributed by atoms with Crippen LogP contribution in [-0.2, 0) is 31.9 Å². The van der Waals surface area contributed by atoms with Gasteiger partial charge in [0.2, 0.25) is 0 Å². The fourth-order valence-corrected chi connectivity index (χ4v) is 5.29. The molecule has 4 atom stereocenters. The number of hydrogen-bond donors (Lipinski definition) is 0. The third kappa shape index (κ3) is 6.49. The molecule has 220 valence electrons. The average molecular weight is 582 g/mol. The van der Waals surface area contributed by atoms with Crippen LogP contribution in [0.1, 0.15) is 68.1 Å². The summed E-state index contributed by atoms with van der Waals surface area (Å²) in [7, 11) is 0. The first kappa shape index (κ1) is 28.3. The van der Waals surface area contributed by atoms with Gasteiger partial charge in [0.25, 0.3) is 0 Å². The van der Waals surface area contributed by atoms with Crippen molar-refractivity contribution in [2.45, 2.75) is 56.6 Å². The molecule has 0 aliphatic carbocycles. The number of hydrogen-bond acceptors (Lipinski definition) is 9. The maximum Gasteiger partial charge on any atom is 0.338 e. The third-order valence-electron chi connectivity index (χ3n) is 7.49. The molecule has 0 saturated carbocycles. The maximum atomic E-state index is 13.3. The molecule has 4 aromatic rings. The second-order valence-corrected chi connectivity index (χ2v) is 10.5. The van der Waals surface area contributed by atoms with Crippen LogP contribution in [0.25, 0.3) is 0 Å². The highest BCUT2D eigenvalue weighted by Crippen LogP contribution is 2.38. The van der Waals surface area contributed by atoms with Crippen LogP contribution < -0.4 is 0 Å². The zero-order chi connectivity index (χ0) is 29.6. The second-order valence-electron chi connectivity index (χ2n) is 10.5. The van der Waals surface area contributed by atoms with Crippen molar-refractivity contribution in [1.82, 2.24) is 14.8 Å². The van der Waals surface area contributed by atoms with Crippen molar-refractivity contribution in [2.75, 3.05) is 6.61 Å². The van der Waals surface area contributed by atoms with Gasteiger partial charge < -0.3 is 18.9 Å². The third-order valence-corrected chi connectivity index (χ3v) is 7.49. The van der Waals surface area contributed by atoms with Gasteiger partial charge in [-0.3, -0.25) is 0 Å². The van der Waals surface area contributed by atoms with E-state index in [2.05, 4.69) is 0 Å². The van der Waals surface area contributed by atoms with Crippen LogP contribution in [0.3, 0.4) is 0 Å². The van der Waals surface area contributed by atoms with E-state index >= 15 is 0 Å². The van der Waals surface area contributed by atoms with Crippen LogP contribution in [0.2, 0.25) is 0 Å². The minimum absolute atomic E-state index is 0.260. The van der Waals surface area contributed by atoms with Crippen molar-refractivity contribution in [1.29, 1.82) is 0 Å². The van der Waals surface area contributed by atoms with Crippen LogP contribution >= 0.6 is 0 Å². The van der Waals surface area contributed by atoms with Gasteiger partial charge in [0.1, 0.15) is 18.5 Å².